The summed E-state index contributed by atoms with van der Waals surface area (Å²) in [5.74, 6) is -0.913. The van der Waals surface area contributed by atoms with Crippen LogP contribution in [0.2, 0.25) is 0 Å². The first-order valence-corrected chi connectivity index (χ1v) is 6.03. The predicted molar refractivity (Wildman–Crippen MR) is 71.8 cm³/mol. The van der Waals surface area contributed by atoms with Gasteiger partial charge in [0.25, 0.3) is 0 Å². The molecule has 0 saturated carbocycles. The van der Waals surface area contributed by atoms with Crippen LogP contribution in [0.4, 0.5) is 10.1 Å². The minimum Gasteiger partial charge on any atom is -0.389 e. The molecule has 1 aromatic rings. The minimum atomic E-state index is -0.442. The number of nitrogens with zero attached hydrogens (tertiary/aromatic N) is 1. The maximum atomic E-state index is 13.7. The summed E-state index contributed by atoms with van der Waals surface area (Å²) in [7, 11) is 0. The first-order valence-electron chi connectivity index (χ1n) is 5.62. The van der Waals surface area contributed by atoms with Crippen molar-refractivity contribution in [2.24, 2.45) is 17.4 Å². The number of benzene rings is 1. The minimum absolute atomic E-state index is 0.0375. The Kier molecular flexibility index (Phi) is 3.47. The van der Waals surface area contributed by atoms with Gasteiger partial charge in [-0.15, -0.1) is 0 Å². The van der Waals surface area contributed by atoms with Crippen molar-refractivity contribution in [3.05, 3.63) is 29.6 Å². The molecule has 4 nitrogen and oxygen atoms in total. The highest BCUT2D eigenvalue weighted by Gasteiger charge is 2.27. The van der Waals surface area contributed by atoms with Crippen LogP contribution in [0.1, 0.15) is 12.0 Å². The summed E-state index contributed by atoms with van der Waals surface area (Å²) in [4.78, 5) is 13.0. The van der Waals surface area contributed by atoms with Gasteiger partial charge in [0.1, 0.15) is 10.8 Å². The van der Waals surface area contributed by atoms with Crippen LogP contribution in [0, 0.1) is 11.7 Å². The van der Waals surface area contributed by atoms with Crippen molar-refractivity contribution in [2.75, 3.05) is 18.0 Å². The molecule has 1 atom stereocenters. The zero-order valence-corrected chi connectivity index (χ0v) is 10.5. The normalized spacial score (nSPS) is 18.9. The fourth-order valence-electron chi connectivity index (χ4n) is 2.13. The number of hydrogen-bond acceptors (Lipinski definition) is 3. The largest absolute Gasteiger partial charge is 0.389 e. The molecule has 1 fully saturated rings. The Labute approximate surface area is 110 Å². The number of hydrogen-bond donors (Lipinski definition) is 2. The van der Waals surface area contributed by atoms with Crippen LogP contribution >= 0.6 is 12.2 Å². The number of primary amides is 1. The van der Waals surface area contributed by atoms with E-state index in [-0.39, 0.29) is 22.4 Å². The quantitative estimate of drug-likeness (QED) is 0.794. The summed E-state index contributed by atoms with van der Waals surface area (Å²) in [5.41, 5.74) is 11.6. The van der Waals surface area contributed by atoms with Crippen LogP contribution in [0.3, 0.4) is 0 Å². The van der Waals surface area contributed by atoms with Crippen molar-refractivity contribution in [3.63, 3.8) is 0 Å². The smallest absolute Gasteiger partial charge is 0.222 e. The van der Waals surface area contributed by atoms with E-state index in [1.54, 1.807) is 12.1 Å². The van der Waals surface area contributed by atoms with E-state index < -0.39 is 5.82 Å². The van der Waals surface area contributed by atoms with Gasteiger partial charge < -0.3 is 16.4 Å². The Morgan fingerprint density at radius 1 is 1.44 bits per heavy atom. The Hall–Kier alpha value is -1.69. The highest BCUT2D eigenvalue weighted by molar-refractivity contribution is 7.80. The van der Waals surface area contributed by atoms with Gasteiger partial charge in [0.2, 0.25) is 5.91 Å². The summed E-state index contributed by atoms with van der Waals surface area (Å²) >= 11 is 4.74. The number of carbonyl (C=O) groups excluding carboxylic acids is 1. The van der Waals surface area contributed by atoms with Gasteiger partial charge in [-0.05, 0) is 24.6 Å². The van der Waals surface area contributed by atoms with Gasteiger partial charge in [-0.25, -0.2) is 4.39 Å². The number of anilines is 1. The number of amides is 1. The van der Waals surface area contributed by atoms with Crippen molar-refractivity contribution in [1.29, 1.82) is 0 Å². The molecule has 0 aromatic heterocycles. The highest BCUT2D eigenvalue weighted by atomic mass is 32.1. The Morgan fingerprint density at radius 3 is 2.67 bits per heavy atom. The fraction of sp³-hybridized carbons (Fsp3) is 0.333. The molecule has 0 aliphatic carbocycles. The maximum absolute atomic E-state index is 13.7. The topological polar surface area (TPSA) is 72.4 Å². The zero-order valence-electron chi connectivity index (χ0n) is 9.73. The molecule has 1 aromatic carbocycles. The molecule has 6 heteroatoms. The summed E-state index contributed by atoms with van der Waals surface area (Å²) in [6.45, 7) is 1.22. The Bertz CT molecular complexity index is 506. The zero-order chi connectivity index (χ0) is 13.3. The van der Waals surface area contributed by atoms with Gasteiger partial charge in [-0.1, -0.05) is 12.2 Å². The van der Waals surface area contributed by atoms with Crippen LogP contribution in [0.15, 0.2) is 18.2 Å². The lowest BCUT2D eigenvalue weighted by Crippen LogP contribution is -2.27. The Morgan fingerprint density at radius 2 is 2.17 bits per heavy atom. The van der Waals surface area contributed by atoms with E-state index in [2.05, 4.69) is 0 Å². The third-order valence-corrected chi connectivity index (χ3v) is 3.39. The van der Waals surface area contributed by atoms with Gasteiger partial charge in [0, 0.05) is 24.3 Å². The molecule has 1 unspecified atom stereocenters. The molecule has 0 radical (unpaired) electrons. The van der Waals surface area contributed by atoms with E-state index in [1.807, 2.05) is 4.90 Å². The standard InChI is InChI=1S/C12H14FN3OS/c13-10-5-8(1-2-9(10)12(15)18)16-4-3-7(6-16)11(14)17/h1-2,5,7H,3-4,6H2,(H2,14,17)(H2,15,18). The first kappa shape index (κ1) is 12.8. The molecular formula is C12H14FN3OS. The van der Waals surface area contributed by atoms with Gasteiger partial charge in [-0.2, -0.15) is 0 Å². The summed E-state index contributed by atoms with van der Waals surface area (Å²) in [6.07, 6.45) is 0.702. The second-order valence-corrected chi connectivity index (χ2v) is 4.80. The summed E-state index contributed by atoms with van der Waals surface area (Å²) < 4.78 is 13.7. The predicted octanol–water partition coefficient (Wildman–Crippen LogP) is 0.771. The van der Waals surface area contributed by atoms with Crippen LogP contribution in [0.5, 0.6) is 0 Å². The van der Waals surface area contributed by atoms with Crippen molar-refractivity contribution in [1.82, 2.24) is 0 Å². The molecule has 1 aliphatic rings. The Balaban J connectivity index is 2.18. The molecular weight excluding hydrogens is 253 g/mol. The van der Waals surface area contributed by atoms with E-state index in [0.29, 0.717) is 19.5 Å². The number of nitrogens with two attached hydrogens (primary N) is 2. The second kappa shape index (κ2) is 4.89. The van der Waals surface area contributed by atoms with Crippen LogP contribution < -0.4 is 16.4 Å². The molecule has 1 saturated heterocycles. The lowest BCUT2D eigenvalue weighted by atomic mass is 10.1. The number of thiocarbonyl (C=S) groups is 1. The van der Waals surface area contributed by atoms with Crippen LogP contribution in [-0.2, 0) is 4.79 Å². The van der Waals surface area contributed by atoms with E-state index in [0.717, 1.165) is 5.69 Å². The third-order valence-electron chi connectivity index (χ3n) is 3.17. The SMILES string of the molecule is NC(=O)C1CCN(c2ccc(C(N)=S)c(F)c2)C1. The van der Waals surface area contributed by atoms with Gasteiger partial charge in [-0.3, -0.25) is 4.79 Å². The van der Waals surface area contributed by atoms with Gasteiger partial charge in [0.05, 0.1) is 5.92 Å². The van der Waals surface area contributed by atoms with Crippen LogP contribution in [-0.4, -0.2) is 24.0 Å². The average Bonchev–Trinajstić information content (AvgIpc) is 2.77. The van der Waals surface area contributed by atoms with Crippen LogP contribution in [0.25, 0.3) is 0 Å². The van der Waals surface area contributed by atoms with Gasteiger partial charge >= 0.3 is 0 Å². The molecule has 1 amide bonds. The third kappa shape index (κ3) is 2.43. The molecule has 18 heavy (non-hydrogen) atoms. The molecule has 0 spiro atoms. The molecule has 4 N–H and O–H groups in total. The molecule has 1 heterocycles. The second-order valence-electron chi connectivity index (χ2n) is 4.36. The van der Waals surface area contributed by atoms with E-state index in [9.17, 15) is 9.18 Å². The number of carbonyl (C=O) groups is 1. The van der Waals surface area contributed by atoms with Crippen molar-refractivity contribution in [3.8, 4) is 0 Å². The maximum Gasteiger partial charge on any atom is 0.222 e. The van der Waals surface area contributed by atoms with Gasteiger partial charge in [0.15, 0.2) is 0 Å². The lowest BCUT2D eigenvalue weighted by Gasteiger charge is -2.18. The number of halogens is 1. The molecule has 2 rings (SSSR count). The summed E-state index contributed by atoms with van der Waals surface area (Å²) in [6, 6.07) is 4.70. The van der Waals surface area contributed by atoms with E-state index >= 15 is 0 Å². The average molecular weight is 267 g/mol. The monoisotopic (exact) mass is 267 g/mol. The first-order chi connectivity index (χ1) is 8.49. The fourth-order valence-corrected chi connectivity index (χ4v) is 2.29. The lowest BCUT2D eigenvalue weighted by molar-refractivity contribution is -0.121. The molecule has 0 bridgehead atoms. The van der Waals surface area contributed by atoms with E-state index in [4.69, 9.17) is 23.7 Å². The van der Waals surface area contributed by atoms with Crippen molar-refractivity contribution >= 4 is 28.8 Å². The van der Waals surface area contributed by atoms with Crippen molar-refractivity contribution < 1.29 is 9.18 Å². The van der Waals surface area contributed by atoms with E-state index in [1.165, 1.54) is 6.07 Å². The highest BCUT2D eigenvalue weighted by Crippen LogP contribution is 2.25. The molecule has 1 aliphatic heterocycles. The van der Waals surface area contributed by atoms with Crippen molar-refractivity contribution in [2.45, 2.75) is 6.42 Å². The summed E-state index contributed by atoms with van der Waals surface area (Å²) in [5, 5.41) is 0. The molecule has 96 valence electrons. The number of rotatable bonds is 3.